The monoisotopic (exact) mass is 465 g/mol. The second kappa shape index (κ2) is 9.60. The minimum atomic E-state index is -0.303. The normalized spacial score (nSPS) is 15.5. The number of anilines is 2. The summed E-state index contributed by atoms with van der Waals surface area (Å²) in [6.45, 7) is 1.48. The maximum atomic E-state index is 13.4. The molecule has 8 heteroatoms. The molecule has 5 rings (SSSR count). The highest BCUT2D eigenvalue weighted by atomic mass is 35.5. The molecule has 0 saturated carbocycles. The van der Waals surface area contributed by atoms with Crippen molar-refractivity contribution in [3.05, 3.63) is 83.4 Å². The SMILES string of the molecule is Fc1cccc(COc2ccc(Nc3ncnc4cccc(OC5CCOC5)c34)cc2Cl)c1. The molecule has 1 fully saturated rings. The second-order valence-electron chi connectivity index (χ2n) is 7.66. The molecule has 0 bridgehead atoms. The molecule has 0 spiro atoms. The number of hydrogen-bond acceptors (Lipinski definition) is 6. The fourth-order valence-electron chi connectivity index (χ4n) is 3.68. The highest BCUT2D eigenvalue weighted by molar-refractivity contribution is 6.32. The number of nitrogens with zero attached hydrogens (tertiary/aromatic N) is 2. The molecule has 3 aromatic carbocycles. The summed E-state index contributed by atoms with van der Waals surface area (Å²) in [6.07, 6.45) is 2.36. The molecule has 168 valence electrons. The summed E-state index contributed by atoms with van der Waals surface area (Å²) in [5.41, 5.74) is 2.23. The molecule has 1 aliphatic heterocycles. The summed E-state index contributed by atoms with van der Waals surface area (Å²) >= 11 is 6.45. The average molecular weight is 466 g/mol. The van der Waals surface area contributed by atoms with Crippen molar-refractivity contribution in [3.8, 4) is 11.5 Å². The summed E-state index contributed by atoms with van der Waals surface area (Å²) in [6, 6.07) is 17.4. The molecule has 6 nitrogen and oxygen atoms in total. The Morgan fingerprint density at radius 2 is 1.97 bits per heavy atom. The molecule has 4 aromatic rings. The molecule has 1 aliphatic rings. The van der Waals surface area contributed by atoms with Crippen LogP contribution in [0.2, 0.25) is 5.02 Å². The van der Waals surface area contributed by atoms with Crippen molar-refractivity contribution < 1.29 is 18.6 Å². The van der Waals surface area contributed by atoms with E-state index in [9.17, 15) is 4.39 Å². The van der Waals surface area contributed by atoms with Gasteiger partial charge in [0.15, 0.2) is 0 Å². The Labute approximate surface area is 195 Å². The average Bonchev–Trinajstić information content (AvgIpc) is 3.32. The zero-order valence-electron chi connectivity index (χ0n) is 17.6. The molecule has 0 radical (unpaired) electrons. The van der Waals surface area contributed by atoms with Crippen molar-refractivity contribution in [2.75, 3.05) is 18.5 Å². The van der Waals surface area contributed by atoms with Gasteiger partial charge in [-0.25, -0.2) is 14.4 Å². The molecule has 1 N–H and O–H groups in total. The lowest BCUT2D eigenvalue weighted by molar-refractivity contribution is 0.142. The second-order valence-corrected chi connectivity index (χ2v) is 8.07. The third kappa shape index (κ3) is 4.99. The van der Waals surface area contributed by atoms with E-state index < -0.39 is 0 Å². The molecule has 2 heterocycles. The van der Waals surface area contributed by atoms with Crippen LogP contribution in [0.1, 0.15) is 12.0 Å². The van der Waals surface area contributed by atoms with E-state index in [1.165, 1.54) is 18.5 Å². The molecular formula is C25H21ClFN3O3. The van der Waals surface area contributed by atoms with Crippen molar-refractivity contribution in [1.82, 2.24) is 9.97 Å². The van der Waals surface area contributed by atoms with Crippen LogP contribution in [0.25, 0.3) is 10.9 Å². The van der Waals surface area contributed by atoms with E-state index in [2.05, 4.69) is 15.3 Å². The van der Waals surface area contributed by atoms with Crippen LogP contribution in [-0.4, -0.2) is 29.3 Å². The molecular weight excluding hydrogens is 445 g/mol. The Kier molecular flexibility index (Phi) is 6.24. The number of rotatable bonds is 7. The van der Waals surface area contributed by atoms with Crippen LogP contribution < -0.4 is 14.8 Å². The van der Waals surface area contributed by atoms with Gasteiger partial charge >= 0.3 is 0 Å². The Balaban J connectivity index is 1.36. The lowest BCUT2D eigenvalue weighted by atomic mass is 10.2. The Bertz CT molecular complexity index is 1280. The summed E-state index contributed by atoms with van der Waals surface area (Å²) in [5, 5.41) is 4.52. The van der Waals surface area contributed by atoms with Gasteiger partial charge in [0.05, 0.1) is 29.1 Å². The first-order chi connectivity index (χ1) is 16.2. The van der Waals surface area contributed by atoms with E-state index in [4.69, 9.17) is 25.8 Å². The molecule has 1 atom stereocenters. The van der Waals surface area contributed by atoms with E-state index in [1.54, 1.807) is 24.3 Å². The summed E-state index contributed by atoms with van der Waals surface area (Å²) in [7, 11) is 0. The van der Waals surface area contributed by atoms with Gasteiger partial charge in [-0.2, -0.15) is 0 Å². The highest BCUT2D eigenvalue weighted by Crippen LogP contribution is 2.35. The van der Waals surface area contributed by atoms with Gasteiger partial charge in [-0.1, -0.05) is 29.8 Å². The fourth-order valence-corrected chi connectivity index (χ4v) is 3.91. The Morgan fingerprint density at radius 1 is 1.06 bits per heavy atom. The number of benzene rings is 3. The fraction of sp³-hybridized carbons (Fsp3) is 0.200. The largest absolute Gasteiger partial charge is 0.487 e. The number of hydrogen-bond donors (Lipinski definition) is 1. The van der Waals surface area contributed by atoms with E-state index in [1.807, 2.05) is 24.3 Å². The Morgan fingerprint density at radius 3 is 2.79 bits per heavy atom. The molecule has 0 aliphatic carbocycles. The minimum absolute atomic E-state index is 0.00706. The van der Waals surface area contributed by atoms with Crippen LogP contribution in [0.3, 0.4) is 0 Å². The van der Waals surface area contributed by atoms with Gasteiger partial charge < -0.3 is 19.5 Å². The third-order valence-corrected chi connectivity index (χ3v) is 5.58. The van der Waals surface area contributed by atoms with E-state index in [0.717, 1.165) is 28.6 Å². The van der Waals surface area contributed by atoms with Gasteiger partial charge in [-0.05, 0) is 48.0 Å². The van der Waals surface area contributed by atoms with Crippen LogP contribution >= 0.6 is 11.6 Å². The number of ether oxygens (including phenoxy) is 3. The standard InChI is InChI=1S/C25H21ClFN3O3/c26-20-12-18(7-8-22(20)32-13-16-3-1-4-17(27)11-16)30-25-24-21(28-15-29-25)5-2-6-23(24)33-19-9-10-31-14-19/h1-8,11-12,15,19H,9-10,13-14H2,(H,28,29,30). The number of aromatic nitrogens is 2. The van der Waals surface area contributed by atoms with Crippen LogP contribution in [0.5, 0.6) is 11.5 Å². The number of nitrogens with one attached hydrogen (secondary N) is 1. The maximum absolute atomic E-state index is 13.4. The van der Waals surface area contributed by atoms with Crippen molar-refractivity contribution in [2.24, 2.45) is 0 Å². The molecule has 1 saturated heterocycles. The third-order valence-electron chi connectivity index (χ3n) is 5.28. The van der Waals surface area contributed by atoms with Crippen LogP contribution in [0.15, 0.2) is 67.0 Å². The Hall–Kier alpha value is -3.42. The summed E-state index contributed by atoms with van der Waals surface area (Å²) < 4.78 is 30.7. The van der Waals surface area contributed by atoms with Crippen molar-refractivity contribution in [1.29, 1.82) is 0 Å². The van der Waals surface area contributed by atoms with Crippen LogP contribution in [0.4, 0.5) is 15.9 Å². The van der Waals surface area contributed by atoms with Gasteiger partial charge in [0.25, 0.3) is 0 Å². The van der Waals surface area contributed by atoms with E-state index in [-0.39, 0.29) is 18.5 Å². The molecule has 0 amide bonds. The predicted octanol–water partition coefficient (Wildman–Crippen LogP) is 5.91. The smallest absolute Gasteiger partial charge is 0.145 e. The van der Waals surface area contributed by atoms with Gasteiger partial charge in [0, 0.05) is 12.1 Å². The zero-order chi connectivity index (χ0) is 22.6. The zero-order valence-corrected chi connectivity index (χ0v) is 18.4. The van der Waals surface area contributed by atoms with E-state index in [0.29, 0.717) is 35.6 Å². The lowest BCUT2D eigenvalue weighted by Gasteiger charge is -2.16. The molecule has 1 unspecified atom stereocenters. The highest BCUT2D eigenvalue weighted by Gasteiger charge is 2.20. The quantitative estimate of drug-likeness (QED) is 0.366. The van der Waals surface area contributed by atoms with Crippen molar-refractivity contribution in [3.63, 3.8) is 0 Å². The first-order valence-corrected chi connectivity index (χ1v) is 11.0. The lowest BCUT2D eigenvalue weighted by Crippen LogP contribution is -2.16. The van der Waals surface area contributed by atoms with Gasteiger partial charge in [-0.3, -0.25) is 0 Å². The topological polar surface area (TPSA) is 65.5 Å². The first-order valence-electron chi connectivity index (χ1n) is 10.6. The van der Waals surface area contributed by atoms with Gasteiger partial charge in [-0.15, -0.1) is 0 Å². The van der Waals surface area contributed by atoms with Gasteiger partial charge in [0.1, 0.15) is 42.2 Å². The minimum Gasteiger partial charge on any atom is -0.487 e. The van der Waals surface area contributed by atoms with Crippen molar-refractivity contribution in [2.45, 2.75) is 19.1 Å². The molecule has 1 aromatic heterocycles. The van der Waals surface area contributed by atoms with Crippen molar-refractivity contribution >= 4 is 34.0 Å². The molecule has 33 heavy (non-hydrogen) atoms. The summed E-state index contributed by atoms with van der Waals surface area (Å²) in [4.78, 5) is 8.80. The predicted molar refractivity (Wildman–Crippen MR) is 125 cm³/mol. The number of fused-ring (bicyclic) bond motifs is 1. The van der Waals surface area contributed by atoms with Crippen LogP contribution in [-0.2, 0) is 11.3 Å². The van der Waals surface area contributed by atoms with Crippen LogP contribution in [0, 0.1) is 5.82 Å². The van der Waals surface area contributed by atoms with E-state index >= 15 is 0 Å². The number of halogens is 2. The maximum Gasteiger partial charge on any atom is 0.145 e. The summed E-state index contributed by atoms with van der Waals surface area (Å²) in [5.74, 6) is 1.51. The first kappa shape index (κ1) is 21.4. The van der Waals surface area contributed by atoms with Gasteiger partial charge in [0.2, 0.25) is 0 Å².